The van der Waals surface area contributed by atoms with Gasteiger partial charge in [0.05, 0.1) is 31.8 Å². The fourth-order valence-corrected chi connectivity index (χ4v) is 3.27. The summed E-state index contributed by atoms with van der Waals surface area (Å²) in [6.45, 7) is 3.59. The highest BCUT2D eigenvalue weighted by molar-refractivity contribution is 5.71. The SMILES string of the molecule is Cn1cc2ncn(C[C@@H](c3ccncc3)N3CCOCC3)c(=O)c2n1. The predicted molar refractivity (Wildman–Crippen MR) is 92.1 cm³/mol. The van der Waals surface area contributed by atoms with Crippen LogP contribution in [-0.4, -0.2) is 55.5 Å². The lowest BCUT2D eigenvalue weighted by atomic mass is 10.1. The van der Waals surface area contributed by atoms with Crippen LogP contribution in [0.3, 0.4) is 0 Å². The molecule has 3 aromatic rings. The molecule has 0 bridgehead atoms. The van der Waals surface area contributed by atoms with E-state index < -0.39 is 0 Å². The Kier molecular flexibility index (Phi) is 4.29. The number of rotatable bonds is 4. The van der Waals surface area contributed by atoms with Gasteiger partial charge in [0.25, 0.3) is 5.56 Å². The maximum atomic E-state index is 12.8. The van der Waals surface area contributed by atoms with Gasteiger partial charge in [-0.1, -0.05) is 0 Å². The number of morpholine rings is 1. The molecule has 4 heterocycles. The molecule has 0 saturated carbocycles. The van der Waals surface area contributed by atoms with Gasteiger partial charge in [-0.3, -0.25) is 23.9 Å². The van der Waals surface area contributed by atoms with Gasteiger partial charge >= 0.3 is 0 Å². The van der Waals surface area contributed by atoms with Crippen molar-refractivity contribution in [1.29, 1.82) is 0 Å². The van der Waals surface area contributed by atoms with Crippen LogP contribution in [0.4, 0.5) is 0 Å². The number of pyridine rings is 1. The first-order chi connectivity index (χ1) is 12.2. The fraction of sp³-hybridized carbons (Fsp3) is 0.412. The summed E-state index contributed by atoms with van der Waals surface area (Å²) in [7, 11) is 1.79. The van der Waals surface area contributed by atoms with Gasteiger partial charge < -0.3 is 4.74 Å². The minimum absolute atomic E-state index is 0.0626. The van der Waals surface area contributed by atoms with Crippen molar-refractivity contribution in [1.82, 2.24) is 29.2 Å². The van der Waals surface area contributed by atoms with Crippen molar-refractivity contribution in [3.63, 3.8) is 0 Å². The third kappa shape index (κ3) is 3.18. The molecule has 0 amide bonds. The third-order valence-corrected chi connectivity index (χ3v) is 4.56. The number of hydrogen-bond acceptors (Lipinski definition) is 6. The minimum atomic E-state index is -0.113. The Hall–Kier alpha value is -2.58. The van der Waals surface area contributed by atoms with Crippen LogP contribution in [0.1, 0.15) is 11.6 Å². The molecule has 0 radical (unpaired) electrons. The first-order valence-corrected chi connectivity index (χ1v) is 8.33. The average molecular weight is 340 g/mol. The lowest BCUT2D eigenvalue weighted by Crippen LogP contribution is -2.41. The summed E-state index contributed by atoms with van der Waals surface area (Å²) in [5, 5.41) is 4.24. The normalized spacial score (nSPS) is 17.0. The predicted octanol–water partition coefficient (Wildman–Crippen LogP) is 0.599. The molecule has 25 heavy (non-hydrogen) atoms. The average Bonchev–Trinajstić information content (AvgIpc) is 3.04. The van der Waals surface area contributed by atoms with Crippen molar-refractivity contribution in [2.24, 2.45) is 7.05 Å². The van der Waals surface area contributed by atoms with Gasteiger partial charge in [0.15, 0.2) is 5.52 Å². The Balaban J connectivity index is 1.71. The van der Waals surface area contributed by atoms with E-state index in [1.165, 1.54) is 0 Å². The standard InChI is InChI=1S/C17H20N6O2/c1-21-10-14-16(20-21)17(24)23(12-19-14)11-15(13-2-4-18-5-3-13)22-6-8-25-9-7-22/h2-5,10,12,15H,6-9,11H2,1H3/t15-/m0/s1. The molecule has 3 aromatic heterocycles. The number of aromatic nitrogens is 5. The highest BCUT2D eigenvalue weighted by Gasteiger charge is 2.24. The molecular weight excluding hydrogens is 320 g/mol. The maximum absolute atomic E-state index is 12.8. The van der Waals surface area contributed by atoms with E-state index in [1.54, 1.807) is 41.2 Å². The number of ether oxygens (including phenoxy) is 1. The summed E-state index contributed by atoms with van der Waals surface area (Å²) in [6.07, 6.45) is 6.93. The van der Waals surface area contributed by atoms with Crippen LogP contribution in [-0.2, 0) is 18.3 Å². The molecule has 0 N–H and O–H groups in total. The van der Waals surface area contributed by atoms with Crippen molar-refractivity contribution in [3.8, 4) is 0 Å². The van der Waals surface area contributed by atoms with Crippen LogP contribution in [0.5, 0.6) is 0 Å². The number of nitrogens with zero attached hydrogens (tertiary/aromatic N) is 6. The zero-order valence-electron chi connectivity index (χ0n) is 14.1. The molecule has 8 heteroatoms. The van der Waals surface area contributed by atoms with Gasteiger partial charge in [-0.25, -0.2) is 4.98 Å². The molecule has 0 spiro atoms. The minimum Gasteiger partial charge on any atom is -0.379 e. The van der Waals surface area contributed by atoms with Gasteiger partial charge in [0.1, 0.15) is 5.52 Å². The Morgan fingerprint density at radius 3 is 2.76 bits per heavy atom. The highest BCUT2D eigenvalue weighted by Crippen LogP contribution is 2.23. The summed E-state index contributed by atoms with van der Waals surface area (Å²) in [5.41, 5.74) is 2.04. The van der Waals surface area contributed by atoms with Crippen LogP contribution < -0.4 is 5.56 Å². The van der Waals surface area contributed by atoms with Crippen molar-refractivity contribution in [2.75, 3.05) is 26.3 Å². The summed E-state index contributed by atoms with van der Waals surface area (Å²) < 4.78 is 8.74. The molecular formula is C17H20N6O2. The lowest BCUT2D eigenvalue weighted by molar-refractivity contribution is 0.0120. The number of hydrogen-bond donors (Lipinski definition) is 0. The van der Waals surface area contributed by atoms with Crippen molar-refractivity contribution < 1.29 is 4.74 Å². The zero-order chi connectivity index (χ0) is 17.2. The number of aryl methyl sites for hydroxylation is 1. The lowest BCUT2D eigenvalue weighted by Gasteiger charge is -2.35. The molecule has 1 fully saturated rings. The molecule has 130 valence electrons. The first-order valence-electron chi connectivity index (χ1n) is 8.33. The largest absolute Gasteiger partial charge is 0.379 e. The molecule has 4 rings (SSSR count). The van der Waals surface area contributed by atoms with Gasteiger partial charge in [-0.05, 0) is 17.7 Å². The summed E-state index contributed by atoms with van der Waals surface area (Å²) >= 11 is 0. The monoisotopic (exact) mass is 340 g/mol. The van der Waals surface area contributed by atoms with Crippen LogP contribution in [0.2, 0.25) is 0 Å². The van der Waals surface area contributed by atoms with E-state index in [2.05, 4.69) is 20.0 Å². The van der Waals surface area contributed by atoms with E-state index in [4.69, 9.17) is 4.74 Å². The molecule has 1 aliphatic heterocycles. The van der Waals surface area contributed by atoms with E-state index >= 15 is 0 Å². The molecule has 0 aromatic carbocycles. The quantitative estimate of drug-likeness (QED) is 0.692. The summed E-state index contributed by atoms with van der Waals surface area (Å²) in [6, 6.07) is 4.06. The summed E-state index contributed by atoms with van der Waals surface area (Å²) in [5.74, 6) is 0. The maximum Gasteiger partial charge on any atom is 0.281 e. The second-order valence-corrected chi connectivity index (χ2v) is 6.18. The third-order valence-electron chi connectivity index (χ3n) is 4.56. The smallest absolute Gasteiger partial charge is 0.281 e. The van der Waals surface area contributed by atoms with Gasteiger partial charge in [0.2, 0.25) is 0 Å². The number of fused-ring (bicyclic) bond motifs is 1. The van der Waals surface area contributed by atoms with Crippen molar-refractivity contribution in [2.45, 2.75) is 12.6 Å². The van der Waals surface area contributed by atoms with Crippen LogP contribution in [0.15, 0.2) is 41.8 Å². The van der Waals surface area contributed by atoms with E-state index in [1.807, 2.05) is 12.1 Å². The second-order valence-electron chi connectivity index (χ2n) is 6.18. The van der Waals surface area contributed by atoms with Gasteiger partial charge in [0, 0.05) is 39.1 Å². The summed E-state index contributed by atoms with van der Waals surface area (Å²) in [4.78, 5) is 23.6. The van der Waals surface area contributed by atoms with Crippen LogP contribution in [0.25, 0.3) is 11.0 Å². The molecule has 1 atom stereocenters. The molecule has 1 aliphatic rings. The molecule has 1 saturated heterocycles. The van der Waals surface area contributed by atoms with Crippen molar-refractivity contribution in [3.05, 3.63) is 53.0 Å². The fourth-order valence-electron chi connectivity index (χ4n) is 3.27. The van der Waals surface area contributed by atoms with E-state index in [0.29, 0.717) is 30.8 Å². The Morgan fingerprint density at radius 1 is 1.24 bits per heavy atom. The van der Waals surface area contributed by atoms with E-state index in [0.717, 1.165) is 18.7 Å². The van der Waals surface area contributed by atoms with E-state index in [-0.39, 0.29) is 11.6 Å². The first kappa shape index (κ1) is 15.9. The van der Waals surface area contributed by atoms with Gasteiger partial charge in [-0.15, -0.1) is 0 Å². The molecule has 8 nitrogen and oxygen atoms in total. The zero-order valence-corrected chi connectivity index (χ0v) is 14.1. The van der Waals surface area contributed by atoms with Crippen LogP contribution in [0, 0.1) is 0 Å². The highest BCUT2D eigenvalue weighted by atomic mass is 16.5. The van der Waals surface area contributed by atoms with Crippen molar-refractivity contribution >= 4 is 11.0 Å². The topological polar surface area (TPSA) is 78.1 Å². The van der Waals surface area contributed by atoms with E-state index in [9.17, 15) is 4.79 Å². The van der Waals surface area contributed by atoms with Crippen LogP contribution >= 0.6 is 0 Å². The Morgan fingerprint density at radius 2 is 2.00 bits per heavy atom. The molecule has 0 aliphatic carbocycles. The second kappa shape index (κ2) is 6.73. The Labute approximate surface area is 144 Å². The Bertz CT molecular complexity index is 914. The molecule has 0 unspecified atom stereocenters. The van der Waals surface area contributed by atoms with Gasteiger partial charge in [-0.2, -0.15) is 5.10 Å².